The van der Waals surface area contributed by atoms with E-state index in [4.69, 9.17) is 0 Å². The van der Waals surface area contributed by atoms with Crippen LogP contribution in [0.5, 0.6) is 0 Å². The molecule has 4 nitrogen and oxygen atoms in total. The Balaban J connectivity index is 1.75. The lowest BCUT2D eigenvalue weighted by Gasteiger charge is -2.29. The van der Waals surface area contributed by atoms with Crippen LogP contribution in [0.1, 0.15) is 37.2 Å². The molecule has 1 amide bonds. The van der Waals surface area contributed by atoms with Gasteiger partial charge in [0.15, 0.2) is 0 Å². The highest BCUT2D eigenvalue weighted by atomic mass is 16.3. The number of amides is 1. The maximum atomic E-state index is 12.5. The molecular weight excluding hydrogens is 240 g/mol. The van der Waals surface area contributed by atoms with Crippen LogP contribution < -0.4 is 10.6 Å². The molecule has 3 rings (SSSR count). The van der Waals surface area contributed by atoms with Crippen LogP contribution in [0.25, 0.3) is 0 Å². The SMILES string of the molecule is O=C(NC1(CO)CCCC1)C1CNc2ccccc21. The number of nitrogens with one attached hydrogen (secondary N) is 2. The fourth-order valence-electron chi connectivity index (χ4n) is 3.24. The van der Waals surface area contributed by atoms with Gasteiger partial charge in [-0.05, 0) is 24.5 Å². The Morgan fingerprint density at radius 3 is 2.84 bits per heavy atom. The number of hydrogen-bond donors (Lipinski definition) is 3. The number of anilines is 1. The average molecular weight is 260 g/mol. The van der Waals surface area contributed by atoms with Crippen LogP contribution >= 0.6 is 0 Å². The molecule has 1 saturated carbocycles. The number of rotatable bonds is 3. The van der Waals surface area contributed by atoms with Crippen LogP contribution in [0.4, 0.5) is 5.69 Å². The Bertz CT molecular complexity index is 481. The fourth-order valence-corrected chi connectivity index (χ4v) is 3.24. The normalized spacial score (nSPS) is 23.7. The molecule has 1 aromatic rings. The first kappa shape index (κ1) is 12.5. The Hall–Kier alpha value is -1.55. The van der Waals surface area contributed by atoms with Gasteiger partial charge in [-0.25, -0.2) is 0 Å². The van der Waals surface area contributed by atoms with Gasteiger partial charge in [-0.3, -0.25) is 4.79 Å². The molecule has 1 aromatic carbocycles. The number of carbonyl (C=O) groups is 1. The van der Waals surface area contributed by atoms with Gasteiger partial charge < -0.3 is 15.7 Å². The summed E-state index contributed by atoms with van der Waals surface area (Å²) < 4.78 is 0. The van der Waals surface area contributed by atoms with Crippen molar-refractivity contribution < 1.29 is 9.90 Å². The van der Waals surface area contributed by atoms with Crippen molar-refractivity contribution >= 4 is 11.6 Å². The Kier molecular flexibility index (Phi) is 3.19. The molecule has 1 atom stereocenters. The van der Waals surface area contributed by atoms with Gasteiger partial charge in [-0.2, -0.15) is 0 Å². The molecule has 2 aliphatic rings. The minimum absolute atomic E-state index is 0.0356. The zero-order valence-corrected chi connectivity index (χ0v) is 11.0. The summed E-state index contributed by atoms with van der Waals surface area (Å²) in [7, 11) is 0. The minimum atomic E-state index is -0.380. The van der Waals surface area contributed by atoms with E-state index in [1.54, 1.807) is 0 Å². The van der Waals surface area contributed by atoms with Gasteiger partial charge in [0.25, 0.3) is 0 Å². The Labute approximate surface area is 113 Å². The fraction of sp³-hybridized carbons (Fsp3) is 0.533. The van der Waals surface area contributed by atoms with Gasteiger partial charge in [0.1, 0.15) is 0 Å². The van der Waals surface area contributed by atoms with Crippen LogP contribution in [-0.2, 0) is 4.79 Å². The first-order valence-electron chi connectivity index (χ1n) is 7.00. The van der Waals surface area contributed by atoms with Crippen molar-refractivity contribution in [2.75, 3.05) is 18.5 Å². The zero-order chi connectivity index (χ0) is 13.3. The summed E-state index contributed by atoms with van der Waals surface area (Å²) in [6.07, 6.45) is 3.94. The second-order valence-corrected chi connectivity index (χ2v) is 5.66. The molecule has 0 spiro atoms. The van der Waals surface area contributed by atoms with Crippen LogP contribution in [0.2, 0.25) is 0 Å². The number of fused-ring (bicyclic) bond motifs is 1. The second-order valence-electron chi connectivity index (χ2n) is 5.66. The molecule has 102 valence electrons. The molecule has 0 aromatic heterocycles. The summed E-state index contributed by atoms with van der Waals surface area (Å²) in [4.78, 5) is 12.5. The van der Waals surface area contributed by atoms with E-state index in [0.29, 0.717) is 6.54 Å². The zero-order valence-electron chi connectivity index (χ0n) is 11.0. The standard InChI is InChI=1S/C15H20N2O2/c18-10-15(7-3-4-8-15)17-14(19)12-9-16-13-6-2-1-5-11(12)13/h1-2,5-6,12,16,18H,3-4,7-10H2,(H,17,19). The lowest BCUT2D eigenvalue weighted by Crippen LogP contribution is -2.51. The van der Waals surface area contributed by atoms with Crippen molar-refractivity contribution in [3.05, 3.63) is 29.8 Å². The molecule has 1 unspecified atom stereocenters. The van der Waals surface area contributed by atoms with Gasteiger partial charge in [-0.1, -0.05) is 31.0 Å². The number of para-hydroxylation sites is 1. The quantitative estimate of drug-likeness (QED) is 0.774. The van der Waals surface area contributed by atoms with E-state index in [2.05, 4.69) is 10.6 Å². The number of benzene rings is 1. The molecule has 4 heteroatoms. The molecule has 1 aliphatic heterocycles. The highest BCUT2D eigenvalue weighted by molar-refractivity contribution is 5.88. The molecule has 1 heterocycles. The number of hydrogen-bond acceptors (Lipinski definition) is 3. The summed E-state index contributed by atoms with van der Waals surface area (Å²) in [6.45, 7) is 0.688. The molecule has 1 aliphatic carbocycles. The molecule has 0 radical (unpaired) electrons. The predicted octanol–water partition coefficient (Wildman–Crippen LogP) is 1.62. The molecule has 0 bridgehead atoms. The summed E-state index contributed by atoms with van der Waals surface area (Å²) in [5.74, 6) is -0.103. The third kappa shape index (κ3) is 2.21. The molecule has 0 saturated heterocycles. The van der Waals surface area contributed by atoms with Crippen molar-refractivity contribution in [2.45, 2.75) is 37.1 Å². The van der Waals surface area contributed by atoms with Crippen LogP contribution in [0.15, 0.2) is 24.3 Å². The molecular formula is C15H20N2O2. The third-order valence-electron chi connectivity index (χ3n) is 4.40. The monoisotopic (exact) mass is 260 g/mol. The van der Waals surface area contributed by atoms with Gasteiger partial charge in [0.05, 0.1) is 18.1 Å². The maximum Gasteiger partial charge on any atom is 0.229 e. The largest absolute Gasteiger partial charge is 0.394 e. The van der Waals surface area contributed by atoms with E-state index in [1.165, 1.54) is 0 Å². The highest BCUT2D eigenvalue weighted by Crippen LogP contribution is 2.34. The van der Waals surface area contributed by atoms with Gasteiger partial charge >= 0.3 is 0 Å². The number of carbonyl (C=O) groups excluding carboxylic acids is 1. The minimum Gasteiger partial charge on any atom is -0.394 e. The summed E-state index contributed by atoms with van der Waals surface area (Å²) >= 11 is 0. The average Bonchev–Trinajstić information content (AvgIpc) is 3.05. The van der Waals surface area contributed by atoms with E-state index in [1.807, 2.05) is 24.3 Å². The number of aliphatic hydroxyl groups excluding tert-OH is 1. The maximum absolute atomic E-state index is 12.5. The van der Waals surface area contributed by atoms with Crippen LogP contribution in [0.3, 0.4) is 0 Å². The topological polar surface area (TPSA) is 61.4 Å². The summed E-state index contributed by atoms with van der Waals surface area (Å²) in [5.41, 5.74) is 1.73. The van der Waals surface area contributed by atoms with Crippen LogP contribution in [0, 0.1) is 0 Å². The van der Waals surface area contributed by atoms with E-state index in [9.17, 15) is 9.90 Å². The first-order chi connectivity index (χ1) is 9.24. The molecule has 3 N–H and O–H groups in total. The van der Waals surface area contributed by atoms with E-state index in [0.717, 1.165) is 36.9 Å². The van der Waals surface area contributed by atoms with Crippen molar-refractivity contribution in [3.8, 4) is 0 Å². The van der Waals surface area contributed by atoms with E-state index < -0.39 is 0 Å². The summed E-state index contributed by atoms with van der Waals surface area (Å²) in [6, 6.07) is 7.93. The van der Waals surface area contributed by atoms with Crippen LogP contribution in [-0.4, -0.2) is 29.7 Å². The predicted molar refractivity (Wildman–Crippen MR) is 74.1 cm³/mol. The Morgan fingerprint density at radius 2 is 2.11 bits per heavy atom. The smallest absolute Gasteiger partial charge is 0.229 e. The van der Waals surface area contributed by atoms with E-state index in [-0.39, 0.29) is 24.0 Å². The lowest BCUT2D eigenvalue weighted by molar-refractivity contribution is -0.124. The third-order valence-corrected chi connectivity index (χ3v) is 4.40. The molecule has 1 fully saturated rings. The summed E-state index contributed by atoms with van der Waals surface area (Å²) in [5, 5.41) is 15.9. The van der Waals surface area contributed by atoms with Crippen molar-refractivity contribution in [2.24, 2.45) is 0 Å². The number of aliphatic hydroxyl groups is 1. The van der Waals surface area contributed by atoms with Crippen molar-refractivity contribution in [1.29, 1.82) is 0 Å². The lowest BCUT2D eigenvalue weighted by atomic mass is 9.95. The Morgan fingerprint density at radius 1 is 1.37 bits per heavy atom. The first-order valence-corrected chi connectivity index (χ1v) is 7.00. The van der Waals surface area contributed by atoms with E-state index >= 15 is 0 Å². The molecule has 19 heavy (non-hydrogen) atoms. The van der Waals surface area contributed by atoms with Gasteiger partial charge in [0, 0.05) is 12.2 Å². The van der Waals surface area contributed by atoms with Crippen molar-refractivity contribution in [1.82, 2.24) is 5.32 Å². The van der Waals surface area contributed by atoms with Crippen molar-refractivity contribution in [3.63, 3.8) is 0 Å². The second kappa shape index (κ2) is 4.85. The van der Waals surface area contributed by atoms with Gasteiger partial charge in [-0.15, -0.1) is 0 Å². The van der Waals surface area contributed by atoms with Gasteiger partial charge in [0.2, 0.25) is 5.91 Å². The highest BCUT2D eigenvalue weighted by Gasteiger charge is 2.38.